The standard InChI is InChI=1S/C12H20N4.C9H8F2.C2H6/c1-4-5-6-11(7-13)10(3)15-12-9(2)8-14-16-12;1-6(2)9-7(10)4-3-5-8(9)11;1-2/h7-8H,4-6,13H2,1-3H3,(H,14,16);3-5H,1H2,2H3;1-2H3/b11-7-,15-10+;;. The van der Waals surface area contributed by atoms with Crippen LogP contribution in [0.1, 0.15) is 65.0 Å². The zero-order valence-electron chi connectivity index (χ0n) is 18.4. The van der Waals surface area contributed by atoms with E-state index < -0.39 is 11.6 Å². The fourth-order valence-electron chi connectivity index (χ4n) is 2.35. The lowest BCUT2D eigenvalue weighted by Crippen LogP contribution is -2.01. The van der Waals surface area contributed by atoms with E-state index in [9.17, 15) is 8.78 Å². The van der Waals surface area contributed by atoms with Gasteiger partial charge in [0.1, 0.15) is 11.6 Å². The molecule has 2 rings (SSSR count). The predicted octanol–water partition coefficient (Wildman–Crippen LogP) is 6.87. The predicted molar refractivity (Wildman–Crippen MR) is 120 cm³/mol. The molecule has 1 aromatic heterocycles. The van der Waals surface area contributed by atoms with Crippen molar-refractivity contribution >= 4 is 17.1 Å². The molecule has 3 N–H and O–H groups in total. The Kier molecular flexibility index (Phi) is 12.9. The number of halogens is 2. The van der Waals surface area contributed by atoms with E-state index in [1.54, 1.807) is 19.3 Å². The lowest BCUT2D eigenvalue weighted by Gasteiger charge is -2.05. The van der Waals surface area contributed by atoms with Crippen LogP contribution in [0.5, 0.6) is 0 Å². The molecule has 0 fully saturated rings. The normalized spacial score (nSPS) is 11.2. The highest BCUT2D eigenvalue weighted by Crippen LogP contribution is 2.19. The second-order valence-corrected chi connectivity index (χ2v) is 6.27. The van der Waals surface area contributed by atoms with Gasteiger partial charge in [0.2, 0.25) is 0 Å². The van der Waals surface area contributed by atoms with Crippen LogP contribution in [0.15, 0.2) is 47.7 Å². The molecule has 2 aromatic rings. The number of benzene rings is 1. The number of allylic oxidation sites excluding steroid dienone is 2. The molecule has 0 radical (unpaired) electrons. The smallest absolute Gasteiger partial charge is 0.150 e. The number of aromatic amines is 1. The van der Waals surface area contributed by atoms with E-state index in [4.69, 9.17) is 5.73 Å². The highest BCUT2D eigenvalue weighted by Gasteiger charge is 2.07. The first-order valence-electron chi connectivity index (χ1n) is 9.88. The largest absolute Gasteiger partial charge is 0.404 e. The summed E-state index contributed by atoms with van der Waals surface area (Å²) in [4.78, 5) is 4.49. The van der Waals surface area contributed by atoms with Crippen molar-refractivity contribution in [3.05, 3.63) is 65.5 Å². The van der Waals surface area contributed by atoms with Crippen molar-refractivity contribution in [1.29, 1.82) is 0 Å². The van der Waals surface area contributed by atoms with Gasteiger partial charge in [-0.15, -0.1) is 0 Å². The third-order valence-corrected chi connectivity index (χ3v) is 3.94. The summed E-state index contributed by atoms with van der Waals surface area (Å²) < 4.78 is 25.6. The van der Waals surface area contributed by atoms with E-state index in [1.165, 1.54) is 18.2 Å². The van der Waals surface area contributed by atoms with Crippen molar-refractivity contribution in [2.75, 3.05) is 0 Å². The number of aromatic nitrogens is 2. The highest BCUT2D eigenvalue weighted by atomic mass is 19.1. The summed E-state index contributed by atoms with van der Waals surface area (Å²) in [6.07, 6.45) is 6.70. The van der Waals surface area contributed by atoms with Crippen molar-refractivity contribution in [1.82, 2.24) is 10.2 Å². The molecule has 29 heavy (non-hydrogen) atoms. The first-order valence-corrected chi connectivity index (χ1v) is 9.88. The first kappa shape index (κ1) is 26.2. The van der Waals surface area contributed by atoms with Gasteiger partial charge in [-0.1, -0.05) is 39.8 Å². The maximum atomic E-state index is 12.8. The molecule has 0 aliphatic rings. The number of aryl methyl sites for hydroxylation is 1. The number of hydrogen-bond acceptors (Lipinski definition) is 3. The maximum Gasteiger partial charge on any atom is 0.150 e. The van der Waals surface area contributed by atoms with Gasteiger partial charge in [-0.25, -0.2) is 13.8 Å². The molecule has 0 bridgehead atoms. The second kappa shape index (κ2) is 14.3. The molecule has 160 valence electrons. The average molecular weight is 405 g/mol. The van der Waals surface area contributed by atoms with Crippen molar-refractivity contribution in [2.24, 2.45) is 10.7 Å². The van der Waals surface area contributed by atoms with E-state index in [0.29, 0.717) is 5.57 Å². The topological polar surface area (TPSA) is 67.1 Å². The van der Waals surface area contributed by atoms with E-state index >= 15 is 0 Å². The van der Waals surface area contributed by atoms with Crippen molar-refractivity contribution in [3.8, 4) is 0 Å². The monoisotopic (exact) mass is 404 g/mol. The van der Waals surface area contributed by atoms with Crippen LogP contribution in [0.4, 0.5) is 14.6 Å². The molecule has 0 saturated heterocycles. The zero-order chi connectivity index (χ0) is 22.4. The van der Waals surface area contributed by atoms with Gasteiger partial charge in [0.15, 0.2) is 5.82 Å². The maximum absolute atomic E-state index is 12.8. The Labute approximate surface area is 173 Å². The molecule has 1 heterocycles. The van der Waals surface area contributed by atoms with Crippen LogP contribution in [0.3, 0.4) is 0 Å². The number of hydrogen-bond donors (Lipinski definition) is 2. The Balaban J connectivity index is 0.000000526. The Morgan fingerprint density at radius 2 is 1.83 bits per heavy atom. The molecule has 0 aliphatic carbocycles. The molecular weight excluding hydrogens is 370 g/mol. The molecular formula is C23H34F2N4. The second-order valence-electron chi connectivity index (χ2n) is 6.27. The Morgan fingerprint density at radius 1 is 1.24 bits per heavy atom. The average Bonchev–Trinajstić information content (AvgIpc) is 3.08. The summed E-state index contributed by atoms with van der Waals surface area (Å²) in [5.74, 6) is -0.302. The third kappa shape index (κ3) is 8.85. The lowest BCUT2D eigenvalue weighted by atomic mass is 10.1. The minimum absolute atomic E-state index is 0.0208. The molecule has 0 spiro atoms. The minimum atomic E-state index is -0.558. The van der Waals surface area contributed by atoms with Crippen molar-refractivity contribution in [3.63, 3.8) is 0 Å². The SMILES string of the molecule is C=C(C)c1c(F)cccc1F.CC.CCCCC(=C/N)/C(C)=N/c1[nH]ncc1C. The minimum Gasteiger partial charge on any atom is -0.404 e. The number of H-pyrrole nitrogens is 1. The first-order chi connectivity index (χ1) is 13.8. The number of aliphatic imine (C=N–C) groups is 1. The summed E-state index contributed by atoms with van der Waals surface area (Å²) in [5.41, 5.74) is 9.11. The highest BCUT2D eigenvalue weighted by molar-refractivity contribution is 5.99. The summed E-state index contributed by atoms with van der Waals surface area (Å²) in [6, 6.07) is 3.76. The lowest BCUT2D eigenvalue weighted by molar-refractivity contribution is 0.577. The Hall–Kier alpha value is -2.76. The number of nitrogens with one attached hydrogen (secondary N) is 1. The fourth-order valence-corrected chi connectivity index (χ4v) is 2.35. The molecule has 4 nitrogen and oxygen atoms in total. The van der Waals surface area contributed by atoms with Crippen LogP contribution < -0.4 is 5.73 Å². The molecule has 0 amide bonds. The van der Waals surface area contributed by atoms with Crippen molar-refractivity contribution in [2.45, 2.75) is 60.8 Å². The Bertz CT molecular complexity index is 800. The van der Waals surface area contributed by atoms with Gasteiger partial charge in [-0.3, -0.25) is 5.10 Å². The summed E-state index contributed by atoms with van der Waals surface area (Å²) in [6.45, 7) is 15.2. The van der Waals surface area contributed by atoms with Gasteiger partial charge in [0.25, 0.3) is 0 Å². The Morgan fingerprint density at radius 3 is 2.21 bits per heavy atom. The van der Waals surface area contributed by atoms with Crippen molar-refractivity contribution < 1.29 is 8.78 Å². The summed E-state index contributed by atoms with van der Waals surface area (Å²) >= 11 is 0. The van der Waals surface area contributed by atoms with E-state index in [-0.39, 0.29) is 5.56 Å². The molecule has 0 atom stereocenters. The fraction of sp³-hybridized carbons (Fsp3) is 0.391. The zero-order valence-corrected chi connectivity index (χ0v) is 18.4. The molecule has 0 aliphatic heterocycles. The van der Waals surface area contributed by atoms with Gasteiger partial charge in [-0.2, -0.15) is 5.10 Å². The molecule has 6 heteroatoms. The molecule has 1 aromatic carbocycles. The summed E-state index contributed by atoms with van der Waals surface area (Å²) in [7, 11) is 0. The van der Waals surface area contributed by atoms with E-state index in [1.807, 2.05) is 27.7 Å². The van der Waals surface area contributed by atoms with Gasteiger partial charge >= 0.3 is 0 Å². The number of nitrogens with two attached hydrogens (primary N) is 1. The van der Waals surface area contributed by atoms with E-state index in [2.05, 4.69) is 28.7 Å². The van der Waals surface area contributed by atoms with Crippen LogP contribution >= 0.6 is 0 Å². The van der Waals surface area contributed by atoms with Gasteiger partial charge in [-0.05, 0) is 63.1 Å². The van der Waals surface area contributed by atoms with Crippen LogP contribution in [0.25, 0.3) is 5.57 Å². The quantitative estimate of drug-likeness (QED) is 0.516. The molecule has 0 unspecified atom stereocenters. The number of rotatable bonds is 6. The van der Waals surface area contributed by atoms with Gasteiger partial charge in [0, 0.05) is 16.8 Å². The van der Waals surface area contributed by atoms with Crippen LogP contribution in [-0.4, -0.2) is 15.9 Å². The van der Waals surface area contributed by atoms with Crippen LogP contribution in [0.2, 0.25) is 0 Å². The number of nitrogens with zero attached hydrogens (tertiary/aromatic N) is 2. The number of unbranched alkanes of at least 4 members (excludes halogenated alkanes) is 1. The van der Waals surface area contributed by atoms with Crippen LogP contribution in [-0.2, 0) is 0 Å². The molecule has 0 saturated carbocycles. The van der Waals surface area contributed by atoms with Crippen LogP contribution in [0, 0.1) is 18.6 Å². The summed E-state index contributed by atoms with van der Waals surface area (Å²) in [5, 5.41) is 6.81. The van der Waals surface area contributed by atoms with Gasteiger partial charge < -0.3 is 5.73 Å². The third-order valence-electron chi connectivity index (χ3n) is 3.94. The van der Waals surface area contributed by atoms with E-state index in [0.717, 1.165) is 41.9 Å². The van der Waals surface area contributed by atoms with Gasteiger partial charge in [0.05, 0.1) is 6.20 Å².